The average Bonchev–Trinajstić information content (AvgIpc) is 2.49. The molecule has 2 aromatic rings. The number of nitrogens with zero attached hydrogens (tertiary/aromatic N) is 2. The zero-order valence-corrected chi connectivity index (χ0v) is 13.2. The van der Waals surface area contributed by atoms with E-state index in [0.717, 1.165) is 36.3 Å². The minimum absolute atomic E-state index is 0.402. The van der Waals surface area contributed by atoms with Gasteiger partial charge in [0.2, 0.25) is 5.88 Å². The van der Waals surface area contributed by atoms with Gasteiger partial charge in [-0.3, -0.25) is 0 Å². The Morgan fingerprint density at radius 1 is 1.19 bits per heavy atom. The molecule has 5 heteroatoms. The summed E-state index contributed by atoms with van der Waals surface area (Å²) in [6.07, 6.45) is 3.41. The molecule has 0 amide bonds. The minimum Gasteiger partial charge on any atom is -0.472 e. The van der Waals surface area contributed by atoms with Crippen LogP contribution < -0.4 is 10.1 Å². The Bertz CT molecular complexity index is 589. The topological polar surface area (TPSA) is 47.0 Å². The Balaban J connectivity index is 2.19. The van der Waals surface area contributed by atoms with E-state index >= 15 is 0 Å². The summed E-state index contributed by atoms with van der Waals surface area (Å²) >= 11 is 6.15. The lowest BCUT2D eigenvalue weighted by atomic mass is 10.1. The lowest BCUT2D eigenvalue weighted by Crippen LogP contribution is -2.08. The third-order valence-corrected chi connectivity index (χ3v) is 3.44. The number of nitrogens with one attached hydrogen (secondary N) is 1. The maximum absolute atomic E-state index is 6.15. The number of benzene rings is 1. The summed E-state index contributed by atoms with van der Waals surface area (Å²) < 4.78 is 5.87. The molecule has 0 fully saturated rings. The molecule has 0 aliphatic rings. The van der Waals surface area contributed by atoms with Crippen LogP contribution in [0.2, 0.25) is 5.02 Å². The van der Waals surface area contributed by atoms with Gasteiger partial charge in [-0.2, -0.15) is 0 Å². The summed E-state index contributed by atoms with van der Waals surface area (Å²) in [4.78, 5) is 8.56. The van der Waals surface area contributed by atoms with Crippen LogP contribution >= 0.6 is 11.6 Å². The number of halogens is 1. The van der Waals surface area contributed by atoms with Gasteiger partial charge in [-0.15, -0.1) is 0 Å². The number of anilines is 1. The van der Waals surface area contributed by atoms with E-state index in [0.29, 0.717) is 17.5 Å². The van der Waals surface area contributed by atoms with Crippen molar-refractivity contribution in [3.05, 3.63) is 46.7 Å². The standard InChI is InChI=1S/C16H20ClN3O/c1-3-7-13-15(18-4-2)19-11-20-16(13)21-10-12-8-5-6-9-14(12)17/h5-6,8-9,11H,3-4,7,10H2,1-2H3,(H,18,19,20). The smallest absolute Gasteiger partial charge is 0.222 e. The van der Waals surface area contributed by atoms with Crippen LogP contribution in [0.5, 0.6) is 5.88 Å². The van der Waals surface area contributed by atoms with Crippen LogP contribution in [-0.4, -0.2) is 16.5 Å². The molecular weight excluding hydrogens is 286 g/mol. The molecule has 1 aromatic carbocycles. The highest BCUT2D eigenvalue weighted by molar-refractivity contribution is 6.31. The zero-order valence-electron chi connectivity index (χ0n) is 12.4. The molecule has 0 radical (unpaired) electrons. The van der Waals surface area contributed by atoms with Gasteiger partial charge >= 0.3 is 0 Å². The van der Waals surface area contributed by atoms with Crippen LogP contribution in [0.15, 0.2) is 30.6 Å². The van der Waals surface area contributed by atoms with Gasteiger partial charge in [0.1, 0.15) is 18.8 Å². The molecule has 0 saturated heterocycles. The first-order chi connectivity index (χ1) is 10.3. The van der Waals surface area contributed by atoms with Crippen LogP contribution in [-0.2, 0) is 13.0 Å². The third kappa shape index (κ3) is 4.08. The Morgan fingerprint density at radius 3 is 2.71 bits per heavy atom. The second-order valence-corrected chi connectivity index (χ2v) is 5.07. The zero-order chi connectivity index (χ0) is 15.1. The lowest BCUT2D eigenvalue weighted by molar-refractivity contribution is 0.290. The van der Waals surface area contributed by atoms with E-state index in [1.807, 2.05) is 31.2 Å². The molecule has 0 unspecified atom stereocenters. The molecule has 0 aliphatic carbocycles. The fourth-order valence-corrected chi connectivity index (χ4v) is 2.27. The number of hydrogen-bond donors (Lipinski definition) is 1. The molecule has 4 nitrogen and oxygen atoms in total. The molecule has 112 valence electrons. The first kappa shape index (κ1) is 15.6. The molecule has 1 aromatic heterocycles. The van der Waals surface area contributed by atoms with Crippen molar-refractivity contribution in [1.29, 1.82) is 0 Å². The Hall–Kier alpha value is -1.81. The minimum atomic E-state index is 0.402. The fourth-order valence-electron chi connectivity index (χ4n) is 2.08. The maximum Gasteiger partial charge on any atom is 0.222 e. The molecule has 0 atom stereocenters. The highest BCUT2D eigenvalue weighted by Crippen LogP contribution is 2.25. The SMILES string of the molecule is CCCc1c(NCC)ncnc1OCc1ccccc1Cl. The van der Waals surface area contributed by atoms with Crippen molar-refractivity contribution in [3.8, 4) is 5.88 Å². The third-order valence-electron chi connectivity index (χ3n) is 3.07. The van der Waals surface area contributed by atoms with E-state index in [1.54, 1.807) is 0 Å². The van der Waals surface area contributed by atoms with Crippen LogP contribution in [0.1, 0.15) is 31.4 Å². The van der Waals surface area contributed by atoms with Crippen molar-refractivity contribution in [1.82, 2.24) is 9.97 Å². The van der Waals surface area contributed by atoms with Gasteiger partial charge < -0.3 is 10.1 Å². The Kier molecular flexibility index (Phi) is 5.81. The molecule has 1 heterocycles. The van der Waals surface area contributed by atoms with Crippen LogP contribution in [0.4, 0.5) is 5.82 Å². The van der Waals surface area contributed by atoms with E-state index in [9.17, 15) is 0 Å². The lowest BCUT2D eigenvalue weighted by Gasteiger charge is -2.14. The summed E-state index contributed by atoms with van der Waals surface area (Å²) in [6, 6.07) is 7.66. The number of ether oxygens (including phenoxy) is 1. The molecule has 0 aliphatic heterocycles. The van der Waals surface area contributed by atoms with Gasteiger partial charge in [-0.25, -0.2) is 9.97 Å². The normalized spacial score (nSPS) is 10.4. The fraction of sp³-hybridized carbons (Fsp3) is 0.375. The van der Waals surface area contributed by atoms with Crippen molar-refractivity contribution in [3.63, 3.8) is 0 Å². The summed E-state index contributed by atoms with van der Waals surface area (Å²) in [5, 5.41) is 3.96. The first-order valence-electron chi connectivity index (χ1n) is 7.20. The van der Waals surface area contributed by atoms with Crippen molar-refractivity contribution < 1.29 is 4.74 Å². The molecule has 0 spiro atoms. The van der Waals surface area contributed by atoms with Crippen molar-refractivity contribution in [2.24, 2.45) is 0 Å². The molecule has 0 saturated carbocycles. The monoisotopic (exact) mass is 305 g/mol. The van der Waals surface area contributed by atoms with E-state index in [-0.39, 0.29) is 0 Å². The molecule has 1 N–H and O–H groups in total. The highest BCUT2D eigenvalue weighted by Gasteiger charge is 2.12. The van der Waals surface area contributed by atoms with E-state index in [1.165, 1.54) is 6.33 Å². The van der Waals surface area contributed by atoms with Gasteiger partial charge in [-0.1, -0.05) is 43.1 Å². The van der Waals surface area contributed by atoms with Crippen LogP contribution in [0.25, 0.3) is 0 Å². The van der Waals surface area contributed by atoms with Gasteiger partial charge in [0, 0.05) is 17.1 Å². The van der Waals surface area contributed by atoms with E-state index in [4.69, 9.17) is 16.3 Å². The highest BCUT2D eigenvalue weighted by atomic mass is 35.5. The second-order valence-electron chi connectivity index (χ2n) is 4.67. The van der Waals surface area contributed by atoms with Crippen LogP contribution in [0, 0.1) is 0 Å². The van der Waals surface area contributed by atoms with Gasteiger partial charge in [0.25, 0.3) is 0 Å². The van der Waals surface area contributed by atoms with Gasteiger partial charge in [-0.05, 0) is 19.4 Å². The predicted molar refractivity (Wildman–Crippen MR) is 86.0 cm³/mol. The molecular formula is C16H20ClN3O. The Morgan fingerprint density at radius 2 is 2.00 bits per heavy atom. The summed E-state index contributed by atoms with van der Waals surface area (Å²) in [7, 11) is 0. The number of aromatic nitrogens is 2. The van der Waals surface area contributed by atoms with E-state index in [2.05, 4.69) is 22.2 Å². The van der Waals surface area contributed by atoms with Gasteiger partial charge in [0.15, 0.2) is 0 Å². The molecule has 21 heavy (non-hydrogen) atoms. The average molecular weight is 306 g/mol. The summed E-state index contributed by atoms with van der Waals surface area (Å²) in [6.45, 7) is 5.39. The number of rotatable bonds is 7. The molecule has 0 bridgehead atoms. The largest absolute Gasteiger partial charge is 0.472 e. The van der Waals surface area contributed by atoms with Gasteiger partial charge in [0.05, 0.1) is 5.56 Å². The first-order valence-corrected chi connectivity index (χ1v) is 7.58. The quantitative estimate of drug-likeness (QED) is 0.837. The van der Waals surface area contributed by atoms with Crippen molar-refractivity contribution >= 4 is 17.4 Å². The predicted octanol–water partition coefficient (Wildman–Crippen LogP) is 4.09. The van der Waals surface area contributed by atoms with Crippen molar-refractivity contribution in [2.45, 2.75) is 33.3 Å². The second kappa shape index (κ2) is 7.84. The maximum atomic E-state index is 6.15. The molecule has 2 rings (SSSR count). The van der Waals surface area contributed by atoms with E-state index < -0.39 is 0 Å². The van der Waals surface area contributed by atoms with Crippen molar-refractivity contribution in [2.75, 3.05) is 11.9 Å². The number of hydrogen-bond acceptors (Lipinski definition) is 4. The van der Waals surface area contributed by atoms with Crippen LogP contribution in [0.3, 0.4) is 0 Å². The Labute approximate surface area is 130 Å². The summed E-state index contributed by atoms with van der Waals surface area (Å²) in [5.74, 6) is 1.48. The summed E-state index contributed by atoms with van der Waals surface area (Å²) in [5.41, 5.74) is 1.97.